The molecule has 0 radical (unpaired) electrons. The van der Waals surface area contributed by atoms with Gasteiger partial charge in [-0.25, -0.2) is 39.9 Å². The number of ketones is 2. The van der Waals surface area contributed by atoms with Crippen LogP contribution in [-0.4, -0.2) is 90.1 Å². The summed E-state index contributed by atoms with van der Waals surface area (Å²) in [6.45, 7) is 5.46. The zero-order valence-corrected chi connectivity index (χ0v) is 53.6. The quantitative estimate of drug-likeness (QED) is 0.0850. The molecular formula is C68H52Cl3N19O7. The number of halogens is 3. The topological polar surface area (TPSA) is 358 Å². The second kappa shape index (κ2) is 28.3. The van der Waals surface area contributed by atoms with Crippen LogP contribution in [0.2, 0.25) is 15.1 Å². The Labute approximate surface area is 562 Å². The van der Waals surface area contributed by atoms with Gasteiger partial charge in [0.2, 0.25) is 0 Å². The third kappa shape index (κ3) is 13.3. The van der Waals surface area contributed by atoms with Gasteiger partial charge in [-0.05, 0) is 106 Å². The number of nitrogens with zero attached hydrogens (tertiary/aromatic N) is 14. The van der Waals surface area contributed by atoms with Crippen LogP contribution in [0.25, 0.3) is 60.8 Å². The molecule has 6 N–H and O–H groups in total. The van der Waals surface area contributed by atoms with E-state index in [0.29, 0.717) is 135 Å². The van der Waals surface area contributed by atoms with Gasteiger partial charge in [0.1, 0.15) is 58.4 Å². The molecule has 482 valence electrons. The summed E-state index contributed by atoms with van der Waals surface area (Å²) in [6, 6.07) is 26.0. The van der Waals surface area contributed by atoms with Crippen molar-refractivity contribution in [3.8, 4) is 17.1 Å². The van der Waals surface area contributed by atoms with Crippen molar-refractivity contribution in [2.75, 3.05) is 10.6 Å². The first-order valence-corrected chi connectivity index (χ1v) is 30.9. The number of rotatable bonds is 10. The summed E-state index contributed by atoms with van der Waals surface area (Å²) in [6.07, 6.45) is 22.8. The highest BCUT2D eigenvalue weighted by Gasteiger charge is 2.26. The third-order valence-corrected chi connectivity index (χ3v) is 16.2. The lowest BCUT2D eigenvalue weighted by Gasteiger charge is -2.22. The minimum atomic E-state index is -0.510. The van der Waals surface area contributed by atoms with Gasteiger partial charge in [-0.2, -0.15) is 0 Å². The predicted molar refractivity (Wildman–Crippen MR) is 369 cm³/mol. The van der Waals surface area contributed by atoms with Crippen molar-refractivity contribution in [2.45, 2.75) is 51.7 Å². The largest absolute Gasteiger partial charge is 0.360 e. The van der Waals surface area contributed by atoms with Crippen molar-refractivity contribution in [1.82, 2.24) is 78.5 Å². The van der Waals surface area contributed by atoms with Crippen molar-refractivity contribution < 1.29 is 9.59 Å². The number of hydrogen-bond acceptors (Lipinski definition) is 21. The number of carbonyl (C=O) groups excluding carboxylic acids is 2. The minimum absolute atomic E-state index is 0.163. The molecule has 0 bridgehead atoms. The smallest absolute Gasteiger partial charge is 0.267 e. The second-order valence-electron chi connectivity index (χ2n) is 21.7. The molecule has 2 aliphatic carbocycles. The Morgan fingerprint density at radius 1 is 0.485 bits per heavy atom. The summed E-state index contributed by atoms with van der Waals surface area (Å²) < 4.78 is 4.41. The summed E-state index contributed by atoms with van der Waals surface area (Å²) in [4.78, 5) is 139. The van der Waals surface area contributed by atoms with Gasteiger partial charge in [-0.1, -0.05) is 65.2 Å². The van der Waals surface area contributed by atoms with Crippen LogP contribution >= 0.6 is 34.8 Å². The summed E-state index contributed by atoms with van der Waals surface area (Å²) in [7, 11) is 0. The molecule has 13 aromatic rings. The van der Waals surface area contributed by atoms with Crippen molar-refractivity contribution in [2.24, 2.45) is 5.73 Å². The normalized spacial score (nSPS) is 13.1. The van der Waals surface area contributed by atoms with Crippen LogP contribution in [-0.2, 0) is 12.8 Å². The maximum Gasteiger partial charge on any atom is 0.267 e. The molecule has 0 fully saturated rings. The molecule has 10 heterocycles. The van der Waals surface area contributed by atoms with Crippen LogP contribution in [0.5, 0.6) is 0 Å². The fourth-order valence-electron chi connectivity index (χ4n) is 10.9. The summed E-state index contributed by atoms with van der Waals surface area (Å²) in [5.74, 6) is 1.64. The maximum absolute atomic E-state index is 13.5. The van der Waals surface area contributed by atoms with Crippen LogP contribution in [0.4, 0.5) is 11.6 Å². The van der Waals surface area contributed by atoms with Gasteiger partial charge in [-0.15, -0.1) is 0 Å². The highest BCUT2D eigenvalue weighted by molar-refractivity contribution is 6.36. The lowest BCUT2D eigenvalue weighted by Crippen LogP contribution is -2.28. The SMILES string of the molecule is C[C@H](N)c1nc2cccc(Cl)c2c(=O)n1-c1cccnc1.C[C@H](Nc1ncnc2[nH]ccc(=O)c12)c1nc2cccc(Cl)c2c(=O)n1-c1cccnc1.C[C@H](Nc1ncnc2c1C(=O)C=CC2)c1nc2cccc(Cl)c2c(=O)n1-c1cccnc1.O=C1C=CCc2nc[nH]c(=O)c21. The van der Waals surface area contributed by atoms with Gasteiger partial charge < -0.3 is 26.3 Å². The van der Waals surface area contributed by atoms with Crippen molar-refractivity contribution in [3.63, 3.8) is 0 Å². The van der Waals surface area contributed by atoms with E-state index >= 15 is 0 Å². The Balaban J connectivity index is 0.000000130. The molecule has 0 aliphatic heterocycles. The van der Waals surface area contributed by atoms with Crippen LogP contribution in [0, 0.1) is 0 Å². The summed E-state index contributed by atoms with van der Waals surface area (Å²) >= 11 is 18.8. The zero-order valence-electron chi connectivity index (χ0n) is 51.3. The van der Waals surface area contributed by atoms with E-state index in [-0.39, 0.29) is 44.8 Å². The molecular weight excluding hydrogens is 1300 g/mol. The molecule has 3 aromatic carbocycles. The Bertz CT molecular complexity index is 5610. The number of nitrogens with two attached hydrogens (primary N) is 1. The second-order valence-corrected chi connectivity index (χ2v) is 22.9. The molecule has 0 spiro atoms. The van der Waals surface area contributed by atoms with Crippen LogP contribution in [0.1, 0.15) is 88.5 Å². The van der Waals surface area contributed by atoms with Gasteiger partial charge in [0, 0.05) is 43.7 Å². The Hall–Kier alpha value is -12.0. The standard InChI is InChI=1S/C23H17ClN6O2.C22H16ClN7O2.C15H13ClN4O.C8H6N2O2/c1-13(28-21-20-16(26-12-27-21)7-3-9-18(20)31)22-29-17-8-2-6-15(24)19(17)23(32)30(22)14-5-4-10-25-11-14;1-12(28-20-18-16(31)7-9-25-19(18)26-11-27-20)21-29-15-6-2-5-14(23)17(15)22(32)30(21)13-4-3-8-24-10-13;1-9(17)14-19-12-6-2-5-11(16)13(12)15(21)20(14)10-4-3-7-18-8-10;11-6-3-1-2-5-7(6)8(12)10-4-9-5/h2-6,8-13H,7H2,1H3,(H,26,27,28);2-12H,1H3,(H2,25,26,27,28,31);2-9H,17H2,1H3;1,3-4H,2H2,(H,9,10,12)/t13-;12-;9-;/m000./s1. The molecule has 10 aromatic heterocycles. The van der Waals surface area contributed by atoms with Crippen molar-refractivity contribution >= 4 is 102 Å². The van der Waals surface area contributed by atoms with E-state index in [2.05, 4.69) is 65.5 Å². The molecule has 2 aliphatic rings. The zero-order chi connectivity index (χ0) is 68.0. The van der Waals surface area contributed by atoms with E-state index in [4.69, 9.17) is 50.5 Å². The van der Waals surface area contributed by atoms with E-state index < -0.39 is 18.1 Å². The number of H-pyrrole nitrogens is 2. The molecule has 26 nitrogen and oxygen atoms in total. The van der Waals surface area contributed by atoms with Crippen LogP contribution in [0.15, 0.2) is 208 Å². The molecule has 0 saturated carbocycles. The third-order valence-electron chi connectivity index (χ3n) is 15.3. The predicted octanol–water partition coefficient (Wildman–Crippen LogP) is 9.45. The molecule has 15 rings (SSSR count). The number of hydrogen-bond donors (Lipinski definition) is 5. The molecule has 3 atom stereocenters. The number of benzene rings is 3. The van der Waals surface area contributed by atoms with E-state index in [1.165, 1.54) is 57.1 Å². The fraction of sp³-hybridized carbons (Fsp3) is 0.118. The average Bonchev–Trinajstić information content (AvgIpc) is 0.777. The first-order chi connectivity index (χ1) is 47.0. The first-order valence-electron chi connectivity index (χ1n) is 29.7. The van der Waals surface area contributed by atoms with Gasteiger partial charge in [0.05, 0.1) is 125 Å². The first kappa shape index (κ1) is 65.1. The number of pyridine rings is 4. The number of nitrogens with one attached hydrogen (secondary N) is 4. The highest BCUT2D eigenvalue weighted by atomic mass is 35.5. The molecule has 97 heavy (non-hydrogen) atoms. The molecule has 0 saturated heterocycles. The van der Waals surface area contributed by atoms with Crippen LogP contribution < -0.4 is 44.0 Å². The van der Waals surface area contributed by atoms with E-state index in [0.717, 1.165) is 0 Å². The summed E-state index contributed by atoms with van der Waals surface area (Å²) in [5, 5.41) is 8.83. The highest BCUT2D eigenvalue weighted by Crippen LogP contribution is 2.30. The number of aromatic amines is 2. The summed E-state index contributed by atoms with van der Waals surface area (Å²) in [5.41, 5.74) is 9.97. The van der Waals surface area contributed by atoms with Gasteiger partial charge in [0.25, 0.3) is 22.2 Å². The fourth-order valence-corrected chi connectivity index (χ4v) is 11.6. The van der Waals surface area contributed by atoms with E-state index in [1.807, 2.05) is 13.8 Å². The average molecular weight is 1350 g/mol. The van der Waals surface area contributed by atoms with Crippen molar-refractivity contribution in [3.05, 3.63) is 290 Å². The maximum atomic E-state index is 13.5. The van der Waals surface area contributed by atoms with Gasteiger partial charge in [-0.3, -0.25) is 62.2 Å². The minimum Gasteiger partial charge on any atom is -0.360 e. The Kier molecular flexibility index (Phi) is 19.0. The molecule has 0 unspecified atom stereocenters. The number of anilines is 2. The number of aromatic nitrogens is 16. The van der Waals surface area contributed by atoms with Gasteiger partial charge in [0.15, 0.2) is 17.0 Å². The number of fused-ring (bicyclic) bond motifs is 6. The van der Waals surface area contributed by atoms with E-state index in [1.54, 1.807) is 147 Å². The monoisotopic (exact) mass is 1350 g/mol. The van der Waals surface area contributed by atoms with Gasteiger partial charge >= 0.3 is 0 Å². The van der Waals surface area contributed by atoms with E-state index in [9.17, 15) is 33.6 Å². The number of allylic oxidation sites excluding steroid dienone is 4. The Morgan fingerprint density at radius 3 is 1.40 bits per heavy atom. The lowest BCUT2D eigenvalue weighted by molar-refractivity contribution is 0.103. The molecule has 29 heteroatoms. The number of carbonyl (C=O) groups is 2. The van der Waals surface area contributed by atoms with Crippen molar-refractivity contribution in [1.29, 1.82) is 0 Å². The lowest BCUT2D eigenvalue weighted by atomic mass is 10.0. The van der Waals surface area contributed by atoms with Crippen LogP contribution in [0.3, 0.4) is 0 Å². The Morgan fingerprint density at radius 2 is 0.928 bits per heavy atom. The molecule has 0 amide bonds.